The minimum absolute atomic E-state index is 0.0917. The van der Waals surface area contributed by atoms with Crippen molar-refractivity contribution in [3.05, 3.63) is 45.8 Å². The molecule has 0 spiro atoms. The van der Waals surface area contributed by atoms with Crippen LogP contribution in [0.2, 0.25) is 5.02 Å². The van der Waals surface area contributed by atoms with E-state index in [2.05, 4.69) is 5.16 Å². The lowest BCUT2D eigenvalue weighted by Gasteiger charge is -2.15. The van der Waals surface area contributed by atoms with Crippen molar-refractivity contribution in [2.45, 2.75) is 26.4 Å². The van der Waals surface area contributed by atoms with Crippen LogP contribution in [0.5, 0.6) is 0 Å². The molecule has 1 amide bonds. The van der Waals surface area contributed by atoms with Crippen LogP contribution in [0.3, 0.4) is 0 Å². The highest BCUT2D eigenvalue weighted by molar-refractivity contribution is 6.34. The number of esters is 1. The molecule has 0 aliphatic heterocycles. The number of nitrogens with zero attached hydrogens (tertiary/aromatic N) is 1. The van der Waals surface area contributed by atoms with Crippen LogP contribution in [0.4, 0.5) is 18.9 Å². The predicted octanol–water partition coefficient (Wildman–Crippen LogP) is 4.01. The third-order valence-corrected chi connectivity index (χ3v) is 3.71. The summed E-state index contributed by atoms with van der Waals surface area (Å²) in [6, 6.07) is 3.09. The maximum atomic E-state index is 13.0. The van der Waals surface area contributed by atoms with Gasteiger partial charge in [0.25, 0.3) is 5.91 Å². The minimum Gasteiger partial charge on any atom is -0.452 e. The molecule has 0 unspecified atom stereocenters. The molecule has 2 aromatic rings. The number of hydrogen-bond acceptors (Lipinski definition) is 5. The smallest absolute Gasteiger partial charge is 0.418 e. The zero-order chi connectivity index (χ0) is 19.5. The second kappa shape index (κ2) is 7.77. The average Bonchev–Trinajstić information content (AvgIpc) is 2.94. The number of amides is 1. The van der Waals surface area contributed by atoms with E-state index in [1.54, 1.807) is 6.92 Å². The number of carbonyl (C=O) groups is 2. The van der Waals surface area contributed by atoms with E-state index < -0.39 is 35.9 Å². The molecular formula is C16H14ClF3N2O4. The summed E-state index contributed by atoms with van der Waals surface area (Å²) in [5, 5.41) is 5.41. The number of hydrogen-bond donors (Lipinski definition) is 1. The number of aromatic nitrogens is 1. The van der Waals surface area contributed by atoms with Gasteiger partial charge in [0.05, 0.1) is 22.0 Å². The Bertz CT molecular complexity index is 833. The van der Waals surface area contributed by atoms with E-state index >= 15 is 0 Å². The topological polar surface area (TPSA) is 81.4 Å². The van der Waals surface area contributed by atoms with Crippen molar-refractivity contribution in [2.24, 2.45) is 0 Å². The van der Waals surface area contributed by atoms with Crippen molar-refractivity contribution >= 4 is 29.2 Å². The van der Waals surface area contributed by atoms with Gasteiger partial charge in [0.15, 0.2) is 6.61 Å². The molecule has 0 bridgehead atoms. The van der Waals surface area contributed by atoms with Gasteiger partial charge in [0, 0.05) is 0 Å². The number of rotatable bonds is 5. The number of aryl methyl sites for hydroxylation is 2. The molecule has 0 fully saturated rings. The van der Waals surface area contributed by atoms with Crippen molar-refractivity contribution in [3.63, 3.8) is 0 Å². The number of carbonyl (C=O) groups excluding carboxylic acids is 2. The lowest BCUT2D eigenvalue weighted by atomic mass is 10.1. The van der Waals surface area contributed by atoms with Gasteiger partial charge in [-0.2, -0.15) is 13.2 Å². The second-order valence-corrected chi connectivity index (χ2v) is 5.61. The molecule has 0 radical (unpaired) electrons. The van der Waals surface area contributed by atoms with Gasteiger partial charge >= 0.3 is 12.1 Å². The SMILES string of the molecule is CCc1noc(C)c1C(=O)OCC(=O)Nc1c(Cl)cccc1C(F)(F)F. The summed E-state index contributed by atoms with van der Waals surface area (Å²) in [7, 11) is 0. The van der Waals surface area contributed by atoms with E-state index in [1.165, 1.54) is 13.0 Å². The molecular weight excluding hydrogens is 377 g/mol. The lowest BCUT2D eigenvalue weighted by molar-refractivity contribution is -0.137. The first-order valence-corrected chi connectivity index (χ1v) is 7.80. The van der Waals surface area contributed by atoms with Crippen molar-refractivity contribution in [1.29, 1.82) is 0 Å². The van der Waals surface area contributed by atoms with Crippen molar-refractivity contribution in [1.82, 2.24) is 5.16 Å². The maximum Gasteiger partial charge on any atom is 0.418 e. The first kappa shape index (κ1) is 19.8. The zero-order valence-corrected chi connectivity index (χ0v) is 14.5. The van der Waals surface area contributed by atoms with Crippen LogP contribution < -0.4 is 5.32 Å². The Labute approximate surface area is 151 Å². The predicted molar refractivity (Wildman–Crippen MR) is 86.0 cm³/mol. The van der Waals surface area contributed by atoms with Crippen LogP contribution in [0, 0.1) is 6.92 Å². The summed E-state index contributed by atoms with van der Waals surface area (Å²) >= 11 is 5.74. The molecule has 10 heteroatoms. The molecule has 0 saturated carbocycles. The second-order valence-electron chi connectivity index (χ2n) is 5.20. The van der Waals surface area contributed by atoms with Crippen LogP contribution in [-0.4, -0.2) is 23.6 Å². The highest BCUT2D eigenvalue weighted by atomic mass is 35.5. The molecule has 2 rings (SSSR count). The summed E-state index contributed by atoms with van der Waals surface area (Å²) in [6.07, 6.45) is -4.30. The third kappa shape index (κ3) is 4.34. The normalized spacial score (nSPS) is 11.3. The highest BCUT2D eigenvalue weighted by Gasteiger charge is 2.35. The number of para-hydroxylation sites is 1. The van der Waals surface area contributed by atoms with Gasteiger partial charge in [0.1, 0.15) is 11.3 Å². The molecule has 140 valence electrons. The zero-order valence-electron chi connectivity index (χ0n) is 13.7. The van der Waals surface area contributed by atoms with Gasteiger partial charge in [-0.15, -0.1) is 0 Å². The Kier molecular flexibility index (Phi) is 5.91. The van der Waals surface area contributed by atoms with Crippen molar-refractivity contribution in [3.8, 4) is 0 Å². The minimum atomic E-state index is -4.71. The quantitative estimate of drug-likeness (QED) is 0.780. The van der Waals surface area contributed by atoms with Crippen LogP contribution in [0.1, 0.15) is 34.3 Å². The molecule has 0 aliphatic carbocycles. The fourth-order valence-corrected chi connectivity index (χ4v) is 2.41. The standard InChI is InChI=1S/C16H14ClF3N2O4/c1-3-11-13(8(2)26-22-11)15(24)25-7-12(23)21-14-9(16(18,19)20)5-4-6-10(14)17/h4-6H,3,7H2,1-2H3,(H,21,23). The first-order chi connectivity index (χ1) is 12.1. The first-order valence-electron chi connectivity index (χ1n) is 7.43. The summed E-state index contributed by atoms with van der Waals surface area (Å²) in [5.74, 6) is -1.60. The van der Waals surface area contributed by atoms with Crippen LogP contribution >= 0.6 is 11.6 Å². The van der Waals surface area contributed by atoms with Gasteiger partial charge in [-0.1, -0.05) is 29.7 Å². The van der Waals surface area contributed by atoms with Crippen LogP contribution in [-0.2, 0) is 22.1 Å². The molecule has 1 heterocycles. The summed E-state index contributed by atoms with van der Waals surface area (Å²) in [5.41, 5.74) is -1.25. The molecule has 0 saturated heterocycles. The molecule has 1 aromatic carbocycles. The Morgan fingerprint density at radius 1 is 1.35 bits per heavy atom. The molecule has 0 aliphatic rings. The molecule has 1 aromatic heterocycles. The third-order valence-electron chi connectivity index (χ3n) is 3.39. The van der Waals surface area contributed by atoms with E-state index in [9.17, 15) is 22.8 Å². The summed E-state index contributed by atoms with van der Waals surface area (Å²) < 4.78 is 48.7. The summed E-state index contributed by atoms with van der Waals surface area (Å²) in [6.45, 7) is 2.45. The highest BCUT2D eigenvalue weighted by Crippen LogP contribution is 2.38. The van der Waals surface area contributed by atoms with E-state index in [0.29, 0.717) is 12.1 Å². The number of benzene rings is 1. The Balaban J connectivity index is 2.09. The van der Waals surface area contributed by atoms with Crippen molar-refractivity contribution in [2.75, 3.05) is 11.9 Å². The molecule has 6 nitrogen and oxygen atoms in total. The largest absolute Gasteiger partial charge is 0.452 e. The van der Waals surface area contributed by atoms with Gasteiger partial charge in [0.2, 0.25) is 0 Å². The number of halogens is 4. The number of nitrogens with one attached hydrogen (secondary N) is 1. The van der Waals surface area contributed by atoms with Gasteiger partial charge in [-0.25, -0.2) is 4.79 Å². The average molecular weight is 391 g/mol. The maximum absolute atomic E-state index is 13.0. The van der Waals surface area contributed by atoms with Gasteiger partial charge < -0.3 is 14.6 Å². The number of anilines is 1. The van der Waals surface area contributed by atoms with Crippen LogP contribution in [0.15, 0.2) is 22.7 Å². The van der Waals surface area contributed by atoms with E-state index in [4.69, 9.17) is 20.9 Å². The number of ether oxygens (including phenoxy) is 1. The lowest BCUT2D eigenvalue weighted by Crippen LogP contribution is -2.23. The monoisotopic (exact) mass is 390 g/mol. The fraction of sp³-hybridized carbons (Fsp3) is 0.312. The Hall–Kier alpha value is -2.55. The van der Waals surface area contributed by atoms with E-state index in [-0.39, 0.29) is 16.3 Å². The number of alkyl halides is 3. The van der Waals surface area contributed by atoms with Gasteiger partial charge in [-0.05, 0) is 25.5 Å². The fourth-order valence-electron chi connectivity index (χ4n) is 2.19. The molecule has 26 heavy (non-hydrogen) atoms. The van der Waals surface area contributed by atoms with Crippen LogP contribution in [0.25, 0.3) is 0 Å². The molecule has 0 atom stereocenters. The molecule has 1 N–H and O–H groups in total. The Morgan fingerprint density at radius 2 is 2.04 bits per heavy atom. The van der Waals surface area contributed by atoms with E-state index in [0.717, 1.165) is 12.1 Å². The van der Waals surface area contributed by atoms with Crippen molar-refractivity contribution < 1.29 is 32.0 Å². The van der Waals surface area contributed by atoms with E-state index in [1.807, 2.05) is 5.32 Å². The summed E-state index contributed by atoms with van der Waals surface area (Å²) in [4.78, 5) is 24.0. The Morgan fingerprint density at radius 3 is 2.65 bits per heavy atom. The van der Waals surface area contributed by atoms with Gasteiger partial charge in [-0.3, -0.25) is 4.79 Å².